The fourth-order valence-corrected chi connectivity index (χ4v) is 5.39. The van der Waals surface area contributed by atoms with E-state index < -0.39 is 92.1 Å². The standard InChI is InChI=1S/C42H42N2O13/c1-42(2,3)57-41(50)43-24-32(45)44-26-52-40-35(56-39(49)30-22-14-7-15-23-30)34(55-38(48)29-20-12-6-13-21-29)33(54-37(47)28-18-10-5-11-19-28)31(53-40)25-51-36(46)27-16-8-4-9-17-27/h4-23,31,33-35,40H,24-26H2,1-3H3,(H,43,50)(H,44,45)/t31-,33-,34+,35+,40+/m1/s1. The Labute approximate surface area is 328 Å². The fraction of sp³-hybridized carbons (Fsp3) is 0.286. The molecule has 0 radical (unpaired) electrons. The first-order valence-corrected chi connectivity index (χ1v) is 17.9. The van der Waals surface area contributed by atoms with Crippen LogP contribution in [0.3, 0.4) is 0 Å². The second kappa shape index (κ2) is 19.8. The largest absolute Gasteiger partial charge is 0.459 e. The van der Waals surface area contributed by atoms with Gasteiger partial charge in [0, 0.05) is 0 Å². The van der Waals surface area contributed by atoms with E-state index in [4.69, 9.17) is 33.2 Å². The summed E-state index contributed by atoms with van der Waals surface area (Å²) in [5.41, 5.74) is -0.233. The molecule has 1 heterocycles. The third-order valence-electron chi connectivity index (χ3n) is 8.05. The maximum Gasteiger partial charge on any atom is 0.408 e. The fourth-order valence-electron chi connectivity index (χ4n) is 5.39. The van der Waals surface area contributed by atoms with Crippen LogP contribution in [-0.2, 0) is 38.0 Å². The minimum Gasteiger partial charge on any atom is -0.459 e. The SMILES string of the molecule is CC(C)(C)OC(=O)NCC(=O)NCO[C@H]1O[C@H](COC(=O)c2ccccc2)[C@@H](OC(=O)c2ccccc2)[C@H](OC(=O)c2ccccc2)[C@@H]1OC(=O)c1ccccc1. The summed E-state index contributed by atoms with van der Waals surface area (Å²) < 4.78 is 40.8. The summed E-state index contributed by atoms with van der Waals surface area (Å²) >= 11 is 0. The Bertz CT molecular complexity index is 1970. The maximum absolute atomic E-state index is 13.7. The van der Waals surface area contributed by atoms with Crippen molar-refractivity contribution in [2.45, 2.75) is 57.1 Å². The van der Waals surface area contributed by atoms with Gasteiger partial charge in [-0.3, -0.25) is 4.79 Å². The van der Waals surface area contributed by atoms with Gasteiger partial charge in [-0.1, -0.05) is 72.8 Å². The van der Waals surface area contributed by atoms with E-state index in [1.807, 2.05) is 0 Å². The molecule has 0 unspecified atom stereocenters. The van der Waals surface area contributed by atoms with Crippen molar-refractivity contribution in [1.29, 1.82) is 0 Å². The Hall–Kier alpha value is -6.58. The van der Waals surface area contributed by atoms with Crippen molar-refractivity contribution < 1.29 is 61.9 Å². The number of hydrogen-bond donors (Lipinski definition) is 2. The number of benzene rings is 4. The zero-order valence-electron chi connectivity index (χ0n) is 31.4. The average Bonchev–Trinajstić information content (AvgIpc) is 3.21. The predicted molar refractivity (Wildman–Crippen MR) is 201 cm³/mol. The lowest BCUT2D eigenvalue weighted by Crippen LogP contribution is -2.63. The van der Waals surface area contributed by atoms with Crippen LogP contribution in [0.4, 0.5) is 4.79 Å². The van der Waals surface area contributed by atoms with E-state index in [0.29, 0.717) is 0 Å². The number of alkyl carbamates (subject to hydrolysis) is 1. The van der Waals surface area contributed by atoms with Gasteiger partial charge in [-0.25, -0.2) is 24.0 Å². The van der Waals surface area contributed by atoms with E-state index >= 15 is 0 Å². The van der Waals surface area contributed by atoms with Crippen LogP contribution in [0.25, 0.3) is 0 Å². The Morgan fingerprint density at radius 2 is 0.982 bits per heavy atom. The van der Waals surface area contributed by atoms with E-state index in [1.165, 1.54) is 48.5 Å². The molecule has 1 aliphatic heterocycles. The van der Waals surface area contributed by atoms with E-state index in [0.717, 1.165) is 0 Å². The van der Waals surface area contributed by atoms with Crippen molar-refractivity contribution in [1.82, 2.24) is 10.6 Å². The van der Waals surface area contributed by atoms with Crippen molar-refractivity contribution in [3.8, 4) is 0 Å². The number of hydrogen-bond acceptors (Lipinski definition) is 13. The molecule has 1 saturated heterocycles. The van der Waals surface area contributed by atoms with Gasteiger partial charge in [-0.2, -0.15) is 0 Å². The highest BCUT2D eigenvalue weighted by atomic mass is 16.7. The first kappa shape index (κ1) is 41.6. The molecule has 15 nitrogen and oxygen atoms in total. The minimum absolute atomic E-state index is 0.111. The van der Waals surface area contributed by atoms with Crippen LogP contribution in [0.5, 0.6) is 0 Å². The van der Waals surface area contributed by atoms with Crippen LogP contribution < -0.4 is 10.6 Å². The van der Waals surface area contributed by atoms with Gasteiger partial charge in [-0.15, -0.1) is 0 Å². The molecule has 57 heavy (non-hydrogen) atoms. The molecule has 2 amide bonds. The number of carbonyl (C=O) groups is 6. The normalized spacial score (nSPS) is 18.9. The molecule has 1 aliphatic rings. The number of nitrogens with one attached hydrogen (secondary N) is 2. The van der Waals surface area contributed by atoms with Crippen molar-refractivity contribution in [2.75, 3.05) is 19.9 Å². The van der Waals surface area contributed by atoms with Gasteiger partial charge in [0.25, 0.3) is 0 Å². The zero-order valence-corrected chi connectivity index (χ0v) is 31.4. The first-order chi connectivity index (χ1) is 27.4. The van der Waals surface area contributed by atoms with Gasteiger partial charge >= 0.3 is 30.0 Å². The molecule has 5 atom stereocenters. The Balaban J connectivity index is 1.48. The van der Waals surface area contributed by atoms with Crippen LogP contribution in [-0.4, -0.2) is 92.1 Å². The molecular formula is C42H42N2O13. The highest BCUT2D eigenvalue weighted by molar-refractivity contribution is 5.91. The topological polar surface area (TPSA) is 191 Å². The van der Waals surface area contributed by atoms with Gasteiger partial charge in [0.15, 0.2) is 18.3 Å². The lowest BCUT2D eigenvalue weighted by Gasteiger charge is -2.44. The number of esters is 4. The number of rotatable bonds is 14. The van der Waals surface area contributed by atoms with E-state index in [9.17, 15) is 28.8 Å². The van der Waals surface area contributed by atoms with Crippen LogP contribution in [0.15, 0.2) is 121 Å². The van der Waals surface area contributed by atoms with Gasteiger partial charge in [0.1, 0.15) is 31.6 Å². The summed E-state index contributed by atoms with van der Waals surface area (Å²) in [4.78, 5) is 78.8. The Morgan fingerprint density at radius 1 is 0.561 bits per heavy atom. The predicted octanol–water partition coefficient (Wildman–Crippen LogP) is 4.86. The van der Waals surface area contributed by atoms with E-state index in [-0.39, 0.29) is 22.3 Å². The molecule has 15 heteroatoms. The number of ether oxygens (including phenoxy) is 7. The third-order valence-corrected chi connectivity index (χ3v) is 8.05. The highest BCUT2D eigenvalue weighted by Gasteiger charge is 2.53. The molecule has 4 aromatic rings. The lowest BCUT2D eigenvalue weighted by atomic mass is 9.97. The average molecular weight is 783 g/mol. The smallest absolute Gasteiger partial charge is 0.408 e. The van der Waals surface area contributed by atoms with Gasteiger partial charge in [-0.05, 0) is 69.3 Å². The molecule has 298 valence electrons. The zero-order chi connectivity index (χ0) is 40.8. The van der Waals surface area contributed by atoms with Crippen LogP contribution in [0, 0.1) is 0 Å². The van der Waals surface area contributed by atoms with Crippen LogP contribution in [0.1, 0.15) is 62.2 Å². The summed E-state index contributed by atoms with van der Waals surface area (Å²) in [7, 11) is 0. The molecule has 0 bridgehead atoms. The summed E-state index contributed by atoms with van der Waals surface area (Å²) in [5.74, 6) is -4.06. The third kappa shape index (κ3) is 12.5. The van der Waals surface area contributed by atoms with Crippen molar-refractivity contribution in [2.24, 2.45) is 0 Å². The molecular weight excluding hydrogens is 740 g/mol. The summed E-state index contributed by atoms with van der Waals surface area (Å²) in [6.45, 7) is 3.37. The summed E-state index contributed by atoms with van der Waals surface area (Å²) in [5, 5.41) is 4.78. The maximum atomic E-state index is 13.7. The number of amides is 2. The Kier molecular flexibility index (Phi) is 14.5. The monoisotopic (exact) mass is 782 g/mol. The van der Waals surface area contributed by atoms with Crippen molar-refractivity contribution >= 4 is 35.9 Å². The van der Waals surface area contributed by atoms with Crippen LogP contribution in [0.2, 0.25) is 0 Å². The first-order valence-electron chi connectivity index (χ1n) is 17.9. The number of carbonyl (C=O) groups excluding carboxylic acids is 6. The molecule has 2 N–H and O–H groups in total. The van der Waals surface area contributed by atoms with Gasteiger partial charge in [0.2, 0.25) is 12.2 Å². The second-order valence-corrected chi connectivity index (χ2v) is 13.5. The molecule has 4 aromatic carbocycles. The van der Waals surface area contributed by atoms with Gasteiger partial charge < -0.3 is 43.8 Å². The van der Waals surface area contributed by atoms with Crippen LogP contribution >= 0.6 is 0 Å². The molecule has 0 saturated carbocycles. The lowest BCUT2D eigenvalue weighted by molar-refractivity contribution is -0.299. The van der Waals surface area contributed by atoms with E-state index in [1.54, 1.807) is 93.6 Å². The summed E-state index contributed by atoms with van der Waals surface area (Å²) in [6, 6.07) is 31.8. The quantitative estimate of drug-likeness (QED) is 0.100. The van der Waals surface area contributed by atoms with Gasteiger partial charge in [0.05, 0.1) is 22.3 Å². The molecule has 0 spiro atoms. The highest BCUT2D eigenvalue weighted by Crippen LogP contribution is 2.31. The summed E-state index contributed by atoms with van der Waals surface area (Å²) in [6.07, 6.45) is -8.75. The van der Waals surface area contributed by atoms with E-state index in [2.05, 4.69) is 10.6 Å². The van der Waals surface area contributed by atoms with Crippen molar-refractivity contribution in [3.63, 3.8) is 0 Å². The molecule has 0 aliphatic carbocycles. The van der Waals surface area contributed by atoms with Crippen molar-refractivity contribution in [3.05, 3.63) is 144 Å². The second-order valence-electron chi connectivity index (χ2n) is 13.5. The molecule has 5 rings (SSSR count). The molecule has 0 aromatic heterocycles. The minimum atomic E-state index is -1.66. The molecule has 1 fully saturated rings. The Morgan fingerprint density at radius 3 is 1.44 bits per heavy atom.